The van der Waals surface area contributed by atoms with Gasteiger partial charge in [-0.1, -0.05) is 78.9 Å². The van der Waals surface area contributed by atoms with Gasteiger partial charge in [0.1, 0.15) is 0 Å². The van der Waals surface area contributed by atoms with Crippen molar-refractivity contribution >= 4 is 11.7 Å². The molecule has 3 aromatic carbocycles. The van der Waals surface area contributed by atoms with Crippen molar-refractivity contribution in [3.05, 3.63) is 102 Å². The van der Waals surface area contributed by atoms with Crippen LogP contribution in [-0.4, -0.2) is 13.1 Å². The number of carbonyl (C=O) groups is 1. The monoisotopic (exact) mass is 345 g/mol. The molecule has 3 nitrogen and oxygen atoms in total. The third kappa shape index (κ3) is 4.51. The number of nitrogens with one attached hydrogen (secondary N) is 1. The number of hydrogen-bond acceptors (Lipinski definition) is 3. The minimum Gasteiger partial charge on any atom is -0.469 e. The molecule has 0 aromatic heterocycles. The van der Waals surface area contributed by atoms with Gasteiger partial charge in [0.15, 0.2) is 0 Å². The van der Waals surface area contributed by atoms with Crippen LogP contribution in [0.25, 0.3) is 0 Å². The average molecular weight is 345 g/mol. The van der Waals surface area contributed by atoms with Gasteiger partial charge in [-0.3, -0.25) is 4.79 Å². The number of para-hydroxylation sites is 1. The van der Waals surface area contributed by atoms with Crippen LogP contribution in [0, 0.1) is 5.92 Å². The van der Waals surface area contributed by atoms with E-state index in [9.17, 15) is 4.79 Å². The second-order valence-corrected chi connectivity index (χ2v) is 6.22. The number of anilines is 1. The van der Waals surface area contributed by atoms with E-state index in [1.54, 1.807) is 0 Å². The Labute approximate surface area is 154 Å². The first-order valence-corrected chi connectivity index (χ1v) is 8.76. The second kappa shape index (κ2) is 8.86. The van der Waals surface area contributed by atoms with E-state index in [1.807, 2.05) is 91.0 Å². The summed E-state index contributed by atoms with van der Waals surface area (Å²) in [4.78, 5) is 12.7. The van der Waals surface area contributed by atoms with Crippen molar-refractivity contribution in [2.24, 2.45) is 5.92 Å². The standard InChI is InChI=1S/C23H23NO2/c1-26-23(25)21(17-18-11-5-2-6-12-18)22(19-13-7-3-8-14-19)24-20-15-9-4-10-16-20/h2-16,21-22,24H,17H2,1H3/t21-,22+/m0/s1. The van der Waals surface area contributed by atoms with Crippen LogP contribution < -0.4 is 5.32 Å². The molecule has 132 valence electrons. The fourth-order valence-corrected chi connectivity index (χ4v) is 3.15. The predicted octanol–water partition coefficient (Wildman–Crippen LogP) is 4.87. The highest BCUT2D eigenvalue weighted by Crippen LogP contribution is 2.30. The maximum absolute atomic E-state index is 12.7. The highest BCUT2D eigenvalue weighted by atomic mass is 16.5. The molecule has 3 aromatic rings. The summed E-state index contributed by atoms with van der Waals surface area (Å²) in [5.74, 6) is -0.559. The van der Waals surface area contributed by atoms with E-state index in [4.69, 9.17) is 4.74 Å². The third-order valence-electron chi connectivity index (χ3n) is 4.46. The van der Waals surface area contributed by atoms with Crippen LogP contribution >= 0.6 is 0 Å². The van der Waals surface area contributed by atoms with Gasteiger partial charge in [0, 0.05) is 5.69 Å². The molecule has 0 aliphatic carbocycles. The second-order valence-electron chi connectivity index (χ2n) is 6.22. The molecule has 0 saturated carbocycles. The zero-order chi connectivity index (χ0) is 18.2. The fourth-order valence-electron chi connectivity index (χ4n) is 3.15. The van der Waals surface area contributed by atoms with Gasteiger partial charge in [-0.25, -0.2) is 0 Å². The lowest BCUT2D eigenvalue weighted by Crippen LogP contribution is -2.30. The molecule has 0 heterocycles. The highest BCUT2D eigenvalue weighted by Gasteiger charge is 2.30. The molecule has 26 heavy (non-hydrogen) atoms. The van der Waals surface area contributed by atoms with Gasteiger partial charge >= 0.3 is 5.97 Å². The van der Waals surface area contributed by atoms with Crippen molar-refractivity contribution in [1.29, 1.82) is 0 Å². The van der Waals surface area contributed by atoms with E-state index in [0.717, 1.165) is 16.8 Å². The molecule has 0 radical (unpaired) electrons. The number of methoxy groups -OCH3 is 1. The van der Waals surface area contributed by atoms with Crippen molar-refractivity contribution in [3.8, 4) is 0 Å². The molecule has 3 rings (SSSR count). The van der Waals surface area contributed by atoms with Crippen molar-refractivity contribution in [1.82, 2.24) is 0 Å². The van der Waals surface area contributed by atoms with E-state index in [-0.39, 0.29) is 17.9 Å². The topological polar surface area (TPSA) is 38.3 Å². The Morgan fingerprint density at radius 2 is 1.38 bits per heavy atom. The highest BCUT2D eigenvalue weighted by molar-refractivity contribution is 5.74. The summed E-state index contributed by atoms with van der Waals surface area (Å²) in [5, 5.41) is 3.53. The number of carbonyl (C=O) groups excluding carboxylic acids is 1. The van der Waals surface area contributed by atoms with Crippen LogP contribution in [0.2, 0.25) is 0 Å². The lowest BCUT2D eigenvalue weighted by Gasteiger charge is -2.28. The van der Waals surface area contributed by atoms with Gasteiger partial charge in [0.05, 0.1) is 19.1 Å². The van der Waals surface area contributed by atoms with Crippen LogP contribution in [0.1, 0.15) is 17.2 Å². The van der Waals surface area contributed by atoms with Gasteiger partial charge in [-0.05, 0) is 29.7 Å². The third-order valence-corrected chi connectivity index (χ3v) is 4.46. The van der Waals surface area contributed by atoms with Crippen LogP contribution in [-0.2, 0) is 16.0 Å². The van der Waals surface area contributed by atoms with Crippen LogP contribution in [0.4, 0.5) is 5.69 Å². The summed E-state index contributed by atoms with van der Waals surface area (Å²) in [7, 11) is 1.45. The number of ether oxygens (including phenoxy) is 1. The van der Waals surface area contributed by atoms with Gasteiger partial charge in [-0.2, -0.15) is 0 Å². The summed E-state index contributed by atoms with van der Waals surface area (Å²) >= 11 is 0. The van der Waals surface area contributed by atoms with Crippen molar-refractivity contribution < 1.29 is 9.53 Å². The first kappa shape index (κ1) is 17.7. The minimum absolute atomic E-state index is 0.189. The molecule has 0 amide bonds. The molecule has 2 atom stereocenters. The van der Waals surface area contributed by atoms with Gasteiger partial charge in [0.25, 0.3) is 0 Å². The van der Waals surface area contributed by atoms with E-state index in [0.29, 0.717) is 6.42 Å². The normalized spacial score (nSPS) is 12.8. The molecule has 3 heteroatoms. The van der Waals surface area contributed by atoms with E-state index in [1.165, 1.54) is 7.11 Å². The van der Waals surface area contributed by atoms with Crippen LogP contribution in [0.3, 0.4) is 0 Å². The first-order valence-electron chi connectivity index (χ1n) is 8.76. The Morgan fingerprint density at radius 3 is 1.96 bits per heavy atom. The summed E-state index contributed by atoms with van der Waals surface area (Å²) in [5.41, 5.74) is 3.14. The van der Waals surface area contributed by atoms with Crippen LogP contribution in [0.5, 0.6) is 0 Å². The average Bonchev–Trinajstić information content (AvgIpc) is 2.72. The van der Waals surface area contributed by atoms with Crippen molar-refractivity contribution in [3.63, 3.8) is 0 Å². The summed E-state index contributed by atoms with van der Waals surface area (Å²) in [6.45, 7) is 0. The maximum Gasteiger partial charge on any atom is 0.311 e. The van der Waals surface area contributed by atoms with E-state index in [2.05, 4.69) is 5.32 Å². The van der Waals surface area contributed by atoms with Crippen molar-refractivity contribution in [2.45, 2.75) is 12.5 Å². The Bertz CT molecular complexity index is 803. The minimum atomic E-state index is -0.343. The molecular weight excluding hydrogens is 322 g/mol. The molecule has 0 fully saturated rings. The van der Waals surface area contributed by atoms with Gasteiger partial charge in [-0.15, -0.1) is 0 Å². The first-order chi connectivity index (χ1) is 12.8. The number of esters is 1. The largest absolute Gasteiger partial charge is 0.469 e. The molecule has 0 aliphatic rings. The van der Waals surface area contributed by atoms with Gasteiger partial charge < -0.3 is 10.1 Å². The Balaban J connectivity index is 1.96. The number of rotatable bonds is 7. The number of benzene rings is 3. The van der Waals surface area contributed by atoms with E-state index < -0.39 is 0 Å². The maximum atomic E-state index is 12.7. The lowest BCUT2D eigenvalue weighted by atomic mass is 9.87. The van der Waals surface area contributed by atoms with Crippen molar-refractivity contribution in [2.75, 3.05) is 12.4 Å². The zero-order valence-electron chi connectivity index (χ0n) is 14.8. The quantitative estimate of drug-likeness (QED) is 0.621. The Kier molecular flexibility index (Phi) is 6.05. The molecule has 0 bridgehead atoms. The van der Waals surface area contributed by atoms with Crippen LogP contribution in [0.15, 0.2) is 91.0 Å². The fraction of sp³-hybridized carbons (Fsp3) is 0.174. The molecule has 0 spiro atoms. The summed E-state index contributed by atoms with van der Waals surface area (Å²) in [6, 6.07) is 29.9. The Hall–Kier alpha value is -3.07. The number of hydrogen-bond donors (Lipinski definition) is 1. The molecule has 0 unspecified atom stereocenters. The van der Waals surface area contributed by atoms with E-state index >= 15 is 0 Å². The molecule has 0 aliphatic heterocycles. The molecular formula is C23H23NO2. The van der Waals surface area contributed by atoms with Gasteiger partial charge in [0.2, 0.25) is 0 Å². The lowest BCUT2D eigenvalue weighted by molar-refractivity contribution is -0.146. The molecule has 1 N–H and O–H groups in total. The summed E-state index contributed by atoms with van der Waals surface area (Å²) in [6.07, 6.45) is 0.604. The summed E-state index contributed by atoms with van der Waals surface area (Å²) < 4.78 is 5.15. The Morgan fingerprint density at radius 1 is 0.846 bits per heavy atom. The zero-order valence-corrected chi connectivity index (χ0v) is 14.8. The SMILES string of the molecule is COC(=O)[C@@H](Cc1ccccc1)[C@H](Nc1ccccc1)c1ccccc1. The predicted molar refractivity (Wildman–Crippen MR) is 105 cm³/mol. The smallest absolute Gasteiger partial charge is 0.311 e. The molecule has 0 saturated heterocycles.